The number of aromatic nitrogens is 2. The molecule has 19 heavy (non-hydrogen) atoms. The van der Waals surface area contributed by atoms with Crippen LogP contribution in [0.15, 0.2) is 47.5 Å². The van der Waals surface area contributed by atoms with E-state index in [2.05, 4.69) is 40.9 Å². The Morgan fingerprint density at radius 1 is 1.32 bits per heavy atom. The summed E-state index contributed by atoms with van der Waals surface area (Å²) in [5, 5.41) is 0. The second kappa shape index (κ2) is 6.19. The molecule has 0 N–H and O–H groups in total. The van der Waals surface area contributed by atoms with Gasteiger partial charge in [0.25, 0.3) is 0 Å². The molecule has 0 amide bonds. The summed E-state index contributed by atoms with van der Waals surface area (Å²) in [6, 6.07) is 10.1. The lowest BCUT2D eigenvalue weighted by Gasteiger charge is -2.07. The molecule has 0 aliphatic heterocycles. The minimum absolute atomic E-state index is 0.455. The van der Waals surface area contributed by atoms with E-state index in [0.717, 1.165) is 5.56 Å². The second-order valence-corrected chi connectivity index (χ2v) is 11.4. The van der Waals surface area contributed by atoms with Crippen LogP contribution in [-0.2, 0) is 18.4 Å². The third kappa shape index (κ3) is 4.73. The van der Waals surface area contributed by atoms with Gasteiger partial charge in [0, 0.05) is 12.4 Å². The maximum Gasteiger partial charge on any atom is 0.231 e. The van der Waals surface area contributed by atoms with Crippen LogP contribution >= 0.6 is 27.4 Å². The zero-order chi connectivity index (χ0) is 13.9. The highest BCUT2D eigenvalue weighted by molar-refractivity contribution is 8.38. The summed E-state index contributed by atoms with van der Waals surface area (Å²) < 4.78 is 5.99. The van der Waals surface area contributed by atoms with Gasteiger partial charge in [0.2, 0.25) is 10.5 Å². The van der Waals surface area contributed by atoms with E-state index in [0.29, 0.717) is 12.2 Å². The summed E-state index contributed by atoms with van der Waals surface area (Å²) in [4.78, 5) is 1.46. The van der Waals surface area contributed by atoms with Crippen molar-refractivity contribution in [3.8, 4) is 0 Å². The molecule has 3 nitrogen and oxygen atoms in total. The molecule has 0 radical (unpaired) electrons. The fourth-order valence-corrected chi connectivity index (χ4v) is 2.59. The van der Waals surface area contributed by atoms with Crippen molar-refractivity contribution in [2.75, 3.05) is 0 Å². The normalized spacial score (nSPS) is 12.7. The van der Waals surface area contributed by atoms with Crippen LogP contribution < -0.4 is 5.62 Å². The van der Waals surface area contributed by atoms with E-state index in [1.165, 1.54) is 5.56 Å². The predicted molar refractivity (Wildman–Crippen MR) is 84.1 cm³/mol. The fraction of sp³-hybridized carbons (Fsp3) is 0.167. The first-order valence-electron chi connectivity index (χ1n) is 5.57. The van der Waals surface area contributed by atoms with Crippen molar-refractivity contribution in [1.82, 2.24) is 9.55 Å². The van der Waals surface area contributed by atoms with Crippen LogP contribution in [0.2, 0.25) is 0 Å². The van der Waals surface area contributed by atoms with Crippen molar-refractivity contribution in [2.45, 2.75) is 13.5 Å². The maximum atomic E-state index is 5.83. The van der Waals surface area contributed by atoms with Gasteiger partial charge in [0.15, 0.2) is 0 Å². The Kier molecular flexibility index (Phi) is 4.80. The topological polar surface area (TPSA) is 30.2 Å². The minimum Gasteiger partial charge on any atom is -0.313 e. The lowest BCUT2D eigenvalue weighted by atomic mass is 10.1. The molecule has 0 saturated heterocycles. The third-order valence-corrected chi connectivity index (χ3v) is 3.59. The molecule has 0 aliphatic carbocycles. The van der Waals surface area contributed by atoms with Crippen LogP contribution in [0.4, 0.5) is 0 Å². The molecule has 0 atom stereocenters. The number of hydrogen-bond donors (Lipinski definition) is 0. The maximum absolute atomic E-state index is 5.83. The molecule has 0 bridgehead atoms. The number of benzene rings is 1. The molecule has 1 aromatic carbocycles. The number of halogens is 2. The molecule has 2 aromatic rings. The van der Waals surface area contributed by atoms with Gasteiger partial charge < -0.3 is 4.57 Å². The molecule has 0 saturated carbocycles. The molecule has 0 unspecified atom stereocenters. The van der Waals surface area contributed by atoms with Crippen molar-refractivity contribution in [3.63, 3.8) is 0 Å². The van der Waals surface area contributed by atoms with Gasteiger partial charge in [0.1, 0.15) is 0 Å². The van der Waals surface area contributed by atoms with Gasteiger partial charge in [0.05, 0.1) is 6.54 Å². The highest BCUT2D eigenvalue weighted by Gasteiger charge is 2.06. The Morgan fingerprint density at radius 2 is 2.00 bits per heavy atom. The fourth-order valence-electron chi connectivity index (χ4n) is 1.59. The van der Waals surface area contributed by atoms with Gasteiger partial charge in [-0.2, -0.15) is 4.76 Å². The van der Waals surface area contributed by atoms with E-state index in [9.17, 15) is 0 Å². The smallest absolute Gasteiger partial charge is 0.231 e. The van der Waals surface area contributed by atoms with E-state index in [-0.39, 0.29) is 0 Å². The molecule has 100 valence electrons. The van der Waals surface area contributed by atoms with Crippen LogP contribution in [0.25, 0.3) is 0 Å². The first-order valence-corrected chi connectivity index (χ1v) is 10.1. The predicted octanol–water partition coefficient (Wildman–Crippen LogP) is 3.84. The number of rotatable bonds is 3. The average molecular weight is 332 g/mol. The monoisotopic (exact) mass is 331 g/mol. The Balaban J connectivity index is 2.38. The first-order chi connectivity index (χ1) is 8.94. The SMILES string of the molecule is Cc1ccc(Cn2cccn/c2=N\P(=S)(Cl)Cl)cc1. The highest BCUT2D eigenvalue weighted by atomic mass is 35.9. The molecular weight excluding hydrogens is 320 g/mol. The zero-order valence-corrected chi connectivity index (χ0v) is 13.4. The van der Waals surface area contributed by atoms with E-state index < -0.39 is 4.89 Å². The molecule has 1 aromatic heterocycles. The van der Waals surface area contributed by atoms with Gasteiger partial charge in [-0.3, -0.25) is 0 Å². The van der Waals surface area contributed by atoms with Crippen molar-refractivity contribution in [1.29, 1.82) is 0 Å². The Hall–Kier alpha value is -0.670. The Morgan fingerprint density at radius 3 is 2.63 bits per heavy atom. The Labute approximate surface area is 126 Å². The van der Waals surface area contributed by atoms with Crippen molar-refractivity contribution in [2.24, 2.45) is 4.76 Å². The van der Waals surface area contributed by atoms with Crippen LogP contribution in [-0.4, -0.2) is 9.55 Å². The van der Waals surface area contributed by atoms with Crippen molar-refractivity contribution in [3.05, 3.63) is 59.5 Å². The summed E-state index contributed by atoms with van der Waals surface area (Å²) >= 11 is 16.6. The van der Waals surface area contributed by atoms with Gasteiger partial charge in [-0.15, -0.1) is 0 Å². The van der Waals surface area contributed by atoms with Gasteiger partial charge in [-0.05, 0) is 52.8 Å². The molecule has 0 aliphatic rings. The molecule has 2 rings (SSSR count). The van der Waals surface area contributed by atoms with Gasteiger partial charge >= 0.3 is 0 Å². The van der Waals surface area contributed by atoms with E-state index in [1.807, 2.05) is 16.8 Å². The van der Waals surface area contributed by atoms with Crippen LogP contribution in [0.5, 0.6) is 0 Å². The van der Waals surface area contributed by atoms with Crippen LogP contribution in [0.3, 0.4) is 0 Å². The summed E-state index contributed by atoms with van der Waals surface area (Å²) in [5.41, 5.74) is 2.83. The first kappa shape index (κ1) is 14.7. The van der Waals surface area contributed by atoms with Crippen LogP contribution in [0.1, 0.15) is 11.1 Å². The lowest BCUT2D eigenvalue weighted by Crippen LogP contribution is -2.23. The molecule has 1 heterocycles. The van der Waals surface area contributed by atoms with Crippen molar-refractivity contribution >= 4 is 39.2 Å². The van der Waals surface area contributed by atoms with Crippen molar-refractivity contribution < 1.29 is 0 Å². The Bertz CT molecular complexity index is 676. The summed E-state index contributed by atoms with van der Waals surface area (Å²) in [6.45, 7) is 2.70. The second-order valence-electron chi connectivity index (χ2n) is 4.07. The molecular formula is C12H12Cl2N3PS. The highest BCUT2D eigenvalue weighted by Crippen LogP contribution is 2.57. The van der Waals surface area contributed by atoms with E-state index in [4.69, 9.17) is 34.3 Å². The average Bonchev–Trinajstić information content (AvgIpc) is 2.33. The number of nitrogens with zero attached hydrogens (tertiary/aromatic N) is 3. The summed E-state index contributed by atoms with van der Waals surface area (Å²) in [5.74, 6) is 0. The largest absolute Gasteiger partial charge is 0.313 e. The van der Waals surface area contributed by atoms with E-state index in [1.54, 1.807) is 6.20 Å². The summed E-state index contributed by atoms with van der Waals surface area (Å²) in [6.07, 6.45) is 3.52. The number of hydrogen-bond acceptors (Lipinski definition) is 2. The third-order valence-electron chi connectivity index (χ3n) is 2.48. The standard InChI is InChI=1S/C12H12Cl2N3PS/c1-10-3-5-11(6-4-10)9-17-8-2-7-15-12(17)16-18(13,14)19/h2-8H,9H2,1H3/b16-12+. The minimum atomic E-state index is -2.71. The quantitative estimate of drug-likeness (QED) is 0.800. The molecule has 0 spiro atoms. The molecule has 7 heteroatoms. The van der Waals surface area contributed by atoms with Gasteiger partial charge in [-0.25, -0.2) is 4.98 Å². The van der Waals surface area contributed by atoms with Crippen LogP contribution in [0, 0.1) is 6.92 Å². The van der Waals surface area contributed by atoms with Gasteiger partial charge in [-0.1, -0.05) is 29.8 Å². The zero-order valence-electron chi connectivity index (χ0n) is 10.2. The number of aryl methyl sites for hydroxylation is 1. The lowest BCUT2D eigenvalue weighted by molar-refractivity contribution is 0.713. The summed E-state index contributed by atoms with van der Waals surface area (Å²) in [7, 11) is 0. The molecule has 0 fully saturated rings. The van der Waals surface area contributed by atoms with E-state index >= 15 is 0 Å².